The number of benzene rings is 1. The van der Waals surface area contributed by atoms with Gasteiger partial charge in [0.1, 0.15) is 11.5 Å². The fourth-order valence-electron chi connectivity index (χ4n) is 2.96. The number of esters is 1. The van der Waals surface area contributed by atoms with Crippen LogP contribution < -0.4 is 25.0 Å². The minimum absolute atomic E-state index is 0.256. The number of methoxy groups -OCH3 is 3. The molecule has 0 spiro atoms. The molecule has 1 aliphatic rings. The van der Waals surface area contributed by atoms with E-state index in [1.54, 1.807) is 14.2 Å². The predicted octanol–water partition coefficient (Wildman–Crippen LogP) is 1.40. The molecule has 1 fully saturated rings. The number of rotatable bonds is 8. The zero-order valence-corrected chi connectivity index (χ0v) is 16.6. The highest BCUT2D eigenvalue weighted by molar-refractivity contribution is 5.80. The van der Waals surface area contributed by atoms with Crippen LogP contribution in [-0.4, -0.2) is 65.5 Å². The molecule has 0 saturated carbocycles. The summed E-state index contributed by atoms with van der Waals surface area (Å²) in [4.78, 5) is 18.0. The Morgan fingerprint density at radius 1 is 1.22 bits per heavy atom. The number of nitrogens with zero attached hydrogens (tertiary/aromatic N) is 2. The minimum Gasteiger partial charge on any atom is -0.497 e. The van der Waals surface area contributed by atoms with Crippen LogP contribution >= 0.6 is 0 Å². The Labute approximate surface area is 160 Å². The summed E-state index contributed by atoms with van der Waals surface area (Å²) in [6, 6.07) is 6.16. The van der Waals surface area contributed by atoms with Crippen LogP contribution in [0, 0.1) is 0 Å². The normalized spacial score (nSPS) is 16.8. The highest BCUT2D eigenvalue weighted by Gasteiger charge is 2.24. The predicted molar refractivity (Wildman–Crippen MR) is 106 cm³/mol. The van der Waals surface area contributed by atoms with Gasteiger partial charge in [-0.1, -0.05) is 0 Å². The van der Waals surface area contributed by atoms with Crippen LogP contribution in [0.1, 0.15) is 19.8 Å². The molecule has 1 aromatic rings. The zero-order valence-electron chi connectivity index (χ0n) is 16.6. The van der Waals surface area contributed by atoms with Crippen molar-refractivity contribution < 1.29 is 19.0 Å². The molecule has 8 nitrogen and oxygen atoms in total. The molecule has 2 rings (SSSR count). The van der Waals surface area contributed by atoms with Crippen molar-refractivity contribution in [1.82, 2.24) is 10.6 Å². The van der Waals surface area contributed by atoms with Crippen molar-refractivity contribution in [3.63, 3.8) is 0 Å². The van der Waals surface area contributed by atoms with E-state index in [9.17, 15) is 4.79 Å². The van der Waals surface area contributed by atoms with Crippen molar-refractivity contribution in [3.8, 4) is 11.5 Å². The number of hydrogen-bond acceptors (Lipinski definition) is 6. The number of carbonyl (C=O) groups is 1. The highest BCUT2D eigenvalue weighted by atomic mass is 16.5. The second kappa shape index (κ2) is 10.5. The van der Waals surface area contributed by atoms with Crippen molar-refractivity contribution in [2.45, 2.75) is 25.8 Å². The van der Waals surface area contributed by atoms with Gasteiger partial charge in [-0.05, 0) is 13.3 Å². The Balaban J connectivity index is 1.97. The molecule has 8 heteroatoms. The number of carbonyl (C=O) groups excluding carboxylic acids is 1. The van der Waals surface area contributed by atoms with E-state index in [1.807, 2.05) is 25.1 Å². The molecule has 1 heterocycles. The maximum atomic E-state index is 11.2. The van der Waals surface area contributed by atoms with Crippen molar-refractivity contribution >= 4 is 17.6 Å². The topological polar surface area (TPSA) is 84.4 Å². The lowest BCUT2D eigenvalue weighted by Crippen LogP contribution is -2.44. The van der Waals surface area contributed by atoms with Crippen molar-refractivity contribution in [3.05, 3.63) is 18.2 Å². The molecular formula is C19H30N4O4. The van der Waals surface area contributed by atoms with Gasteiger partial charge in [-0.3, -0.25) is 9.79 Å². The van der Waals surface area contributed by atoms with Gasteiger partial charge >= 0.3 is 5.97 Å². The second-order valence-corrected chi connectivity index (χ2v) is 6.23. The first-order chi connectivity index (χ1) is 13.1. The minimum atomic E-state index is -0.256. The van der Waals surface area contributed by atoms with Gasteiger partial charge in [0.2, 0.25) is 0 Å². The van der Waals surface area contributed by atoms with Crippen molar-refractivity contribution in [1.29, 1.82) is 0 Å². The fourth-order valence-corrected chi connectivity index (χ4v) is 2.96. The number of guanidine groups is 1. The van der Waals surface area contributed by atoms with Gasteiger partial charge in [0.05, 0.1) is 34.3 Å². The number of anilines is 1. The van der Waals surface area contributed by atoms with Crippen LogP contribution in [0.5, 0.6) is 11.5 Å². The summed E-state index contributed by atoms with van der Waals surface area (Å²) < 4.78 is 15.4. The molecule has 1 unspecified atom stereocenters. The largest absolute Gasteiger partial charge is 0.497 e. The van der Waals surface area contributed by atoms with E-state index in [4.69, 9.17) is 9.47 Å². The lowest BCUT2D eigenvalue weighted by molar-refractivity contribution is -0.140. The highest BCUT2D eigenvalue weighted by Crippen LogP contribution is 2.30. The Morgan fingerprint density at radius 2 is 1.93 bits per heavy atom. The van der Waals surface area contributed by atoms with E-state index in [2.05, 4.69) is 25.3 Å². The number of hydrogen-bond donors (Lipinski definition) is 2. The Kier molecular flexibility index (Phi) is 8.03. The third kappa shape index (κ3) is 6.23. The summed E-state index contributed by atoms with van der Waals surface area (Å²) in [7, 11) is 4.69. The monoisotopic (exact) mass is 378 g/mol. The van der Waals surface area contributed by atoms with Crippen LogP contribution in [0.4, 0.5) is 5.69 Å². The molecule has 1 saturated heterocycles. The molecule has 0 aromatic heterocycles. The molecule has 0 amide bonds. The summed E-state index contributed by atoms with van der Waals surface area (Å²) in [6.07, 6.45) is 1.26. The van der Waals surface area contributed by atoms with Gasteiger partial charge in [-0.2, -0.15) is 0 Å². The number of nitrogens with one attached hydrogen (secondary N) is 2. The van der Waals surface area contributed by atoms with E-state index in [0.717, 1.165) is 49.2 Å². The summed E-state index contributed by atoms with van der Waals surface area (Å²) >= 11 is 0. The molecule has 0 bridgehead atoms. The average Bonchev–Trinajstić information content (AvgIpc) is 3.16. The number of ether oxygens (including phenoxy) is 3. The van der Waals surface area contributed by atoms with E-state index < -0.39 is 0 Å². The molecule has 1 atom stereocenters. The summed E-state index contributed by atoms with van der Waals surface area (Å²) in [5, 5.41) is 6.67. The van der Waals surface area contributed by atoms with Crippen LogP contribution in [-0.2, 0) is 9.53 Å². The quantitative estimate of drug-likeness (QED) is 0.402. The van der Waals surface area contributed by atoms with Gasteiger partial charge in [0.25, 0.3) is 0 Å². The van der Waals surface area contributed by atoms with E-state index >= 15 is 0 Å². The van der Waals surface area contributed by atoms with Crippen LogP contribution in [0.15, 0.2) is 23.2 Å². The van der Waals surface area contributed by atoms with E-state index in [1.165, 1.54) is 7.11 Å². The third-order valence-corrected chi connectivity index (χ3v) is 4.39. The second-order valence-electron chi connectivity index (χ2n) is 6.23. The third-order valence-electron chi connectivity index (χ3n) is 4.39. The summed E-state index contributed by atoms with van der Waals surface area (Å²) in [5.41, 5.74) is 1.07. The first-order valence-electron chi connectivity index (χ1n) is 9.19. The van der Waals surface area contributed by atoms with Gasteiger partial charge in [0, 0.05) is 49.6 Å². The lowest BCUT2D eigenvalue weighted by Gasteiger charge is -2.21. The van der Waals surface area contributed by atoms with E-state index in [-0.39, 0.29) is 18.4 Å². The smallest absolute Gasteiger partial charge is 0.307 e. The van der Waals surface area contributed by atoms with Crippen LogP contribution in [0.25, 0.3) is 0 Å². The molecule has 2 N–H and O–H groups in total. The standard InChI is InChI=1S/C19H30N4O4/c1-5-20-19(21-8-6-18(24)27-4)22-14-7-9-23(13-14)15-10-16(25-2)12-17(11-15)26-3/h10-12,14H,5-9,13H2,1-4H3,(H2,20,21,22). The maximum absolute atomic E-state index is 11.2. The molecule has 0 aliphatic carbocycles. The number of aliphatic imine (C=N–C) groups is 1. The first kappa shape index (κ1) is 20.7. The summed E-state index contributed by atoms with van der Waals surface area (Å²) in [6.45, 7) is 4.94. The first-order valence-corrected chi connectivity index (χ1v) is 9.19. The Morgan fingerprint density at radius 3 is 2.52 bits per heavy atom. The summed E-state index contributed by atoms with van der Waals surface area (Å²) in [5.74, 6) is 2.02. The molecule has 1 aromatic carbocycles. The van der Waals surface area contributed by atoms with Gasteiger partial charge in [-0.15, -0.1) is 0 Å². The average molecular weight is 378 g/mol. The maximum Gasteiger partial charge on any atom is 0.307 e. The molecule has 150 valence electrons. The van der Waals surface area contributed by atoms with Gasteiger partial charge in [0.15, 0.2) is 5.96 Å². The molecular weight excluding hydrogens is 348 g/mol. The van der Waals surface area contributed by atoms with Crippen molar-refractivity contribution in [2.24, 2.45) is 4.99 Å². The SMILES string of the molecule is CCNC(=NCCC(=O)OC)NC1CCN(c2cc(OC)cc(OC)c2)C1. The Hall–Kier alpha value is -2.64. The van der Waals surface area contributed by atoms with Crippen LogP contribution in [0.2, 0.25) is 0 Å². The van der Waals surface area contributed by atoms with Crippen LogP contribution in [0.3, 0.4) is 0 Å². The van der Waals surface area contributed by atoms with E-state index in [0.29, 0.717) is 6.54 Å². The van der Waals surface area contributed by atoms with Gasteiger partial charge < -0.3 is 29.7 Å². The zero-order chi connectivity index (χ0) is 19.6. The molecule has 0 radical (unpaired) electrons. The lowest BCUT2D eigenvalue weighted by atomic mass is 10.2. The molecule has 1 aliphatic heterocycles. The van der Waals surface area contributed by atoms with Gasteiger partial charge in [-0.25, -0.2) is 0 Å². The van der Waals surface area contributed by atoms with Crippen molar-refractivity contribution in [2.75, 3.05) is 52.4 Å². The molecule has 27 heavy (non-hydrogen) atoms. The fraction of sp³-hybridized carbons (Fsp3) is 0.579. The Bertz CT molecular complexity index is 628.